The third-order valence-corrected chi connectivity index (χ3v) is 14.1. The molecule has 0 aromatic heterocycles. The molecule has 220 valence electrons. The first-order valence-corrected chi connectivity index (χ1v) is 15.8. The molecule has 5 fully saturated rings. The van der Waals surface area contributed by atoms with Crippen molar-refractivity contribution in [3.05, 3.63) is 12.2 Å². The lowest BCUT2D eigenvalue weighted by Crippen LogP contribution is -2.67. The van der Waals surface area contributed by atoms with Crippen molar-refractivity contribution >= 4 is 11.9 Å². The normalized spacial score (nSPS) is 48.2. The van der Waals surface area contributed by atoms with Crippen molar-refractivity contribution in [3.8, 4) is 0 Å². The van der Waals surface area contributed by atoms with Crippen LogP contribution in [0.15, 0.2) is 12.2 Å². The Bertz CT molecular complexity index is 1020. The first-order valence-electron chi connectivity index (χ1n) is 15.8. The van der Waals surface area contributed by atoms with E-state index in [9.17, 15) is 14.7 Å². The van der Waals surface area contributed by atoms with Crippen molar-refractivity contribution in [2.24, 2.45) is 56.7 Å². The van der Waals surface area contributed by atoms with E-state index < -0.39 is 11.4 Å². The van der Waals surface area contributed by atoms with Gasteiger partial charge in [-0.25, -0.2) is 4.79 Å². The highest BCUT2D eigenvalue weighted by atomic mass is 16.6. The molecule has 0 heterocycles. The predicted molar refractivity (Wildman–Crippen MR) is 153 cm³/mol. The maximum Gasteiger partial charge on any atom is 0.332 e. The van der Waals surface area contributed by atoms with Crippen LogP contribution in [0.4, 0.5) is 0 Å². The van der Waals surface area contributed by atoms with Crippen LogP contribution in [0, 0.1) is 56.7 Å². The average Bonchev–Trinajstić information content (AvgIpc) is 3.26. The molecule has 5 heteroatoms. The maximum absolute atomic E-state index is 12.9. The highest BCUT2D eigenvalue weighted by Gasteiger charge is 2.72. The molecule has 0 bridgehead atoms. The van der Waals surface area contributed by atoms with Crippen molar-refractivity contribution < 1.29 is 24.2 Å². The summed E-state index contributed by atoms with van der Waals surface area (Å²) in [6.45, 7) is 21.3. The van der Waals surface area contributed by atoms with Crippen LogP contribution in [0.2, 0.25) is 0 Å². The van der Waals surface area contributed by atoms with Crippen molar-refractivity contribution in [3.63, 3.8) is 0 Å². The smallest absolute Gasteiger partial charge is 0.332 e. The van der Waals surface area contributed by atoms with E-state index in [2.05, 4.69) is 48.1 Å². The molecule has 0 aliphatic heterocycles. The van der Waals surface area contributed by atoms with E-state index in [1.807, 2.05) is 6.92 Å². The van der Waals surface area contributed by atoms with Gasteiger partial charge >= 0.3 is 11.9 Å². The molecule has 5 nitrogen and oxygen atoms in total. The summed E-state index contributed by atoms with van der Waals surface area (Å²) in [5.41, 5.74) is 1.05. The van der Waals surface area contributed by atoms with Crippen LogP contribution in [0.25, 0.3) is 0 Å². The van der Waals surface area contributed by atoms with E-state index in [1.165, 1.54) is 18.4 Å². The van der Waals surface area contributed by atoms with Gasteiger partial charge in [0, 0.05) is 12.0 Å². The average molecular weight is 543 g/mol. The van der Waals surface area contributed by atoms with E-state index in [1.54, 1.807) is 0 Å². The number of aliphatic carboxylic acids is 1. The number of carbonyl (C=O) groups excluding carboxylic acids is 1. The monoisotopic (exact) mass is 542 g/mol. The summed E-state index contributed by atoms with van der Waals surface area (Å²) in [5, 5.41) is 10.6. The maximum atomic E-state index is 12.9. The summed E-state index contributed by atoms with van der Waals surface area (Å²) in [4.78, 5) is 25.4. The molecule has 1 N–H and O–H groups in total. The Balaban J connectivity index is 1.45. The summed E-state index contributed by atoms with van der Waals surface area (Å²) in [6, 6.07) is 0. The molecule has 0 aromatic carbocycles. The zero-order valence-corrected chi connectivity index (χ0v) is 25.7. The largest absolute Gasteiger partial charge is 0.481 e. The highest BCUT2D eigenvalue weighted by molar-refractivity contribution is 5.76. The Morgan fingerprint density at radius 2 is 1.59 bits per heavy atom. The number of carbonyl (C=O) groups is 2. The highest BCUT2D eigenvalue weighted by Crippen LogP contribution is 2.77. The molecule has 0 saturated heterocycles. The third-order valence-electron chi connectivity index (χ3n) is 14.1. The number of carboxylic acids is 1. The van der Waals surface area contributed by atoms with Crippen molar-refractivity contribution in [1.29, 1.82) is 0 Å². The summed E-state index contributed by atoms with van der Waals surface area (Å²) in [6.07, 6.45) is 10.2. The van der Waals surface area contributed by atoms with Crippen LogP contribution >= 0.6 is 0 Å². The van der Waals surface area contributed by atoms with Crippen LogP contribution in [-0.4, -0.2) is 36.4 Å². The number of hydrogen-bond acceptors (Lipinski definition) is 4. The molecule has 10 atom stereocenters. The molecule has 0 aromatic rings. The number of rotatable bonds is 6. The minimum Gasteiger partial charge on any atom is -0.481 e. The summed E-state index contributed by atoms with van der Waals surface area (Å²) >= 11 is 0. The van der Waals surface area contributed by atoms with Gasteiger partial charge in [0.05, 0.1) is 5.41 Å². The van der Waals surface area contributed by atoms with Crippen molar-refractivity contribution in [1.82, 2.24) is 0 Å². The number of allylic oxidation sites excluding steroid dienone is 1. The molecule has 39 heavy (non-hydrogen) atoms. The minimum atomic E-state index is -0.566. The van der Waals surface area contributed by atoms with Crippen LogP contribution < -0.4 is 0 Å². The number of fused-ring (bicyclic) bond motifs is 7. The number of hydrogen-bond donors (Lipinski definition) is 1. The van der Waals surface area contributed by atoms with Gasteiger partial charge in [-0.3, -0.25) is 4.79 Å². The van der Waals surface area contributed by atoms with E-state index in [-0.39, 0.29) is 46.3 Å². The fourth-order valence-corrected chi connectivity index (χ4v) is 12.1. The van der Waals surface area contributed by atoms with Crippen LogP contribution in [0.5, 0.6) is 0 Å². The Morgan fingerprint density at radius 1 is 0.872 bits per heavy atom. The summed E-state index contributed by atoms with van der Waals surface area (Å²) < 4.78 is 11.4. The standard InChI is InChI=1S/C34H54O5/c1-9-38-20-27(35)39-26-14-15-31(6)24(30(26,4)5)13-16-33(8)25(31)11-10-23-28-22(21(2)3)12-17-34(28,29(36)37)19-18-32(23,33)7/h22-26,28H,2,9-20H2,1,3-8H3,(H,36,37)/t22-,23+,24-,25+,26-,28+,31-,32+,33+,34-/m0/s1. The molecule has 5 rings (SSSR count). The summed E-state index contributed by atoms with van der Waals surface area (Å²) in [5.74, 6) is 1.30. The number of esters is 1. The topological polar surface area (TPSA) is 72.8 Å². The molecule has 0 spiro atoms. The number of ether oxygens (including phenoxy) is 2. The zero-order valence-electron chi connectivity index (χ0n) is 25.7. The van der Waals surface area contributed by atoms with E-state index in [4.69, 9.17) is 9.47 Å². The van der Waals surface area contributed by atoms with Crippen molar-refractivity contribution in [2.75, 3.05) is 13.2 Å². The Hall–Kier alpha value is -1.36. The first-order chi connectivity index (χ1) is 18.2. The molecule has 5 saturated carbocycles. The van der Waals surface area contributed by atoms with Crippen LogP contribution in [-0.2, 0) is 19.1 Å². The molecular formula is C34H54O5. The predicted octanol–water partition coefficient (Wildman–Crippen LogP) is 7.68. The Kier molecular flexibility index (Phi) is 7.17. The van der Waals surface area contributed by atoms with Crippen molar-refractivity contribution in [2.45, 2.75) is 119 Å². The van der Waals surface area contributed by atoms with Gasteiger partial charge in [-0.15, -0.1) is 0 Å². The van der Waals surface area contributed by atoms with Gasteiger partial charge in [0.15, 0.2) is 0 Å². The second kappa shape index (κ2) is 9.60. The van der Waals surface area contributed by atoms with Gasteiger partial charge in [0.1, 0.15) is 12.7 Å². The second-order valence-electron chi connectivity index (χ2n) is 15.6. The van der Waals surface area contributed by atoms with Gasteiger partial charge in [-0.05, 0) is 124 Å². The molecular weight excluding hydrogens is 488 g/mol. The second-order valence-corrected chi connectivity index (χ2v) is 15.6. The van der Waals surface area contributed by atoms with E-state index in [0.717, 1.165) is 51.4 Å². The minimum absolute atomic E-state index is 0.0373. The van der Waals surface area contributed by atoms with Gasteiger partial charge in [-0.1, -0.05) is 46.8 Å². The molecule has 5 aliphatic carbocycles. The number of carboxylic acid groups (broad SMARTS) is 1. The van der Waals surface area contributed by atoms with Gasteiger partial charge in [0.2, 0.25) is 0 Å². The van der Waals surface area contributed by atoms with Crippen LogP contribution in [0.3, 0.4) is 0 Å². The lowest BCUT2D eigenvalue weighted by atomic mass is 9.32. The van der Waals surface area contributed by atoms with Crippen LogP contribution in [0.1, 0.15) is 113 Å². The van der Waals surface area contributed by atoms with E-state index in [0.29, 0.717) is 30.3 Å². The first kappa shape index (κ1) is 29.1. The van der Waals surface area contributed by atoms with E-state index >= 15 is 0 Å². The van der Waals surface area contributed by atoms with Gasteiger partial charge in [-0.2, -0.15) is 0 Å². The Labute approximate surface area is 236 Å². The fraction of sp³-hybridized carbons (Fsp3) is 0.882. The fourth-order valence-electron chi connectivity index (χ4n) is 12.1. The summed E-state index contributed by atoms with van der Waals surface area (Å²) in [7, 11) is 0. The van der Waals surface area contributed by atoms with Gasteiger partial charge < -0.3 is 14.6 Å². The molecule has 0 amide bonds. The third kappa shape index (κ3) is 3.94. The van der Waals surface area contributed by atoms with Gasteiger partial charge in [0.25, 0.3) is 0 Å². The Morgan fingerprint density at radius 3 is 2.23 bits per heavy atom. The SMILES string of the molecule is C=C(C)[C@@H]1CC[C@]2(C(=O)O)CC[C@]3(C)[C@H](CC[C@@H]4[C@@]5(C)CC[C@H](OC(=O)COCC)C(C)(C)[C@@H]5CC[C@]43C)[C@@H]12. The lowest BCUT2D eigenvalue weighted by molar-refractivity contribution is -0.250. The lowest BCUT2D eigenvalue weighted by Gasteiger charge is -2.72. The quantitative estimate of drug-likeness (QED) is 0.275. The molecule has 0 radical (unpaired) electrons. The molecule has 0 unspecified atom stereocenters. The molecule has 5 aliphatic rings. The zero-order chi connectivity index (χ0) is 28.6.